The van der Waals surface area contributed by atoms with Crippen molar-refractivity contribution in [1.82, 2.24) is 5.32 Å². The first-order chi connectivity index (χ1) is 4.99. The molecule has 0 saturated carbocycles. The summed E-state index contributed by atoms with van der Waals surface area (Å²) < 4.78 is 4.70. The van der Waals surface area contributed by atoms with Crippen molar-refractivity contribution in [3.63, 3.8) is 0 Å². The van der Waals surface area contributed by atoms with Crippen LogP contribution in [0.2, 0.25) is 0 Å². The quantitative estimate of drug-likeness (QED) is 0.426. The number of esters is 1. The molecule has 1 saturated heterocycles. The summed E-state index contributed by atoms with van der Waals surface area (Å²) in [6, 6.07) is -0.338. The molecule has 2 N–H and O–H groups in total. The third kappa shape index (κ3) is 2.48. The molecule has 0 aromatic rings. The Labute approximate surface area is 65.5 Å². The molecule has 0 amide bonds. The third-order valence-electron chi connectivity index (χ3n) is 1.46. The third-order valence-corrected chi connectivity index (χ3v) is 1.46. The number of hydrogen-bond donors (Lipinski definition) is 2. The maximum Gasteiger partial charge on any atom is 0.323 e. The van der Waals surface area contributed by atoms with Crippen LogP contribution in [0.4, 0.5) is 0 Å². The maximum absolute atomic E-state index is 10.9. The molecule has 4 nitrogen and oxygen atoms in total. The van der Waals surface area contributed by atoms with E-state index >= 15 is 0 Å². The van der Waals surface area contributed by atoms with Gasteiger partial charge in [0.1, 0.15) is 11.8 Å². The minimum Gasteiger partial charge on any atom is -0.464 e. The van der Waals surface area contributed by atoms with Gasteiger partial charge in [0.15, 0.2) is 0 Å². The van der Waals surface area contributed by atoms with Crippen LogP contribution in [0, 0.1) is 0 Å². The van der Waals surface area contributed by atoms with E-state index in [9.17, 15) is 9.90 Å². The number of ether oxygens (including phenoxy) is 1. The standard InChI is InChI=1S/C7H13NO3/c1-7(2,10)8-5-3-4-11-6(5)9/h5,8,10H,3-4H2,1-2H3. The summed E-state index contributed by atoms with van der Waals surface area (Å²) in [5.41, 5.74) is -1.01. The maximum atomic E-state index is 10.9. The molecule has 0 spiro atoms. The number of carbonyl (C=O) groups excluding carboxylic acids is 1. The number of nitrogens with one attached hydrogen (secondary N) is 1. The van der Waals surface area contributed by atoms with Crippen molar-refractivity contribution >= 4 is 5.97 Å². The highest BCUT2D eigenvalue weighted by Gasteiger charge is 2.30. The zero-order valence-electron chi connectivity index (χ0n) is 6.76. The first-order valence-electron chi connectivity index (χ1n) is 3.66. The molecule has 0 aliphatic carbocycles. The molecule has 64 valence electrons. The number of rotatable bonds is 2. The molecule has 1 fully saturated rings. The van der Waals surface area contributed by atoms with Gasteiger partial charge >= 0.3 is 5.97 Å². The fourth-order valence-corrected chi connectivity index (χ4v) is 1.05. The summed E-state index contributed by atoms with van der Waals surface area (Å²) in [4.78, 5) is 10.9. The van der Waals surface area contributed by atoms with Gasteiger partial charge in [-0.1, -0.05) is 0 Å². The summed E-state index contributed by atoms with van der Waals surface area (Å²) in [5, 5.41) is 12.0. The van der Waals surface area contributed by atoms with Gasteiger partial charge in [-0.2, -0.15) is 0 Å². The molecule has 11 heavy (non-hydrogen) atoms. The lowest BCUT2D eigenvalue weighted by atomic mass is 10.2. The van der Waals surface area contributed by atoms with Gasteiger partial charge in [-0.25, -0.2) is 0 Å². The van der Waals surface area contributed by atoms with Gasteiger partial charge in [-0.15, -0.1) is 0 Å². The van der Waals surface area contributed by atoms with Gasteiger partial charge in [-0.3, -0.25) is 10.1 Å². The molecule has 1 rings (SSSR count). The van der Waals surface area contributed by atoms with Crippen LogP contribution in [0.5, 0.6) is 0 Å². The van der Waals surface area contributed by atoms with E-state index in [4.69, 9.17) is 4.74 Å². The Kier molecular flexibility index (Phi) is 2.15. The molecule has 1 aliphatic heterocycles. The van der Waals surface area contributed by atoms with E-state index in [2.05, 4.69) is 5.32 Å². The molecule has 0 bridgehead atoms. The van der Waals surface area contributed by atoms with E-state index in [1.54, 1.807) is 13.8 Å². The predicted molar refractivity (Wildman–Crippen MR) is 38.8 cm³/mol. The van der Waals surface area contributed by atoms with Crippen LogP contribution in [0.3, 0.4) is 0 Å². The molecule has 1 unspecified atom stereocenters. The topological polar surface area (TPSA) is 58.6 Å². The lowest BCUT2D eigenvalue weighted by Gasteiger charge is -2.21. The van der Waals surface area contributed by atoms with Gasteiger partial charge in [0.25, 0.3) is 0 Å². The molecule has 4 heteroatoms. The Morgan fingerprint density at radius 3 is 2.73 bits per heavy atom. The van der Waals surface area contributed by atoms with Crippen LogP contribution in [-0.2, 0) is 9.53 Å². The minimum absolute atomic E-state index is 0.271. The van der Waals surface area contributed by atoms with Crippen molar-refractivity contribution in [1.29, 1.82) is 0 Å². The highest BCUT2D eigenvalue weighted by molar-refractivity contribution is 5.77. The molecule has 0 aromatic heterocycles. The Balaban J connectivity index is 2.43. The van der Waals surface area contributed by atoms with Crippen molar-refractivity contribution in [3.8, 4) is 0 Å². The largest absolute Gasteiger partial charge is 0.464 e. The Morgan fingerprint density at radius 1 is 1.73 bits per heavy atom. The Bertz CT molecular complexity index is 162. The highest BCUT2D eigenvalue weighted by Crippen LogP contribution is 2.09. The van der Waals surface area contributed by atoms with Crippen LogP contribution < -0.4 is 5.32 Å². The highest BCUT2D eigenvalue weighted by atomic mass is 16.5. The summed E-state index contributed by atoms with van der Waals surface area (Å²) >= 11 is 0. The smallest absolute Gasteiger partial charge is 0.323 e. The monoisotopic (exact) mass is 159 g/mol. The van der Waals surface area contributed by atoms with Crippen LogP contribution in [0.15, 0.2) is 0 Å². The molecule has 1 atom stereocenters. The van der Waals surface area contributed by atoms with Crippen molar-refractivity contribution in [3.05, 3.63) is 0 Å². The van der Waals surface area contributed by atoms with Gasteiger partial charge in [0.2, 0.25) is 0 Å². The molecule has 0 aromatic carbocycles. The minimum atomic E-state index is -1.01. The van der Waals surface area contributed by atoms with E-state index in [1.807, 2.05) is 0 Å². The number of cyclic esters (lactones) is 1. The summed E-state index contributed by atoms with van der Waals surface area (Å²) in [6.07, 6.45) is 0.642. The first kappa shape index (κ1) is 8.49. The second kappa shape index (κ2) is 2.79. The van der Waals surface area contributed by atoms with Gasteiger partial charge in [0, 0.05) is 6.42 Å². The van der Waals surface area contributed by atoms with Crippen molar-refractivity contribution in [2.75, 3.05) is 6.61 Å². The van der Waals surface area contributed by atoms with Crippen molar-refractivity contribution in [2.24, 2.45) is 0 Å². The zero-order valence-corrected chi connectivity index (χ0v) is 6.76. The van der Waals surface area contributed by atoms with E-state index < -0.39 is 5.72 Å². The summed E-state index contributed by atoms with van der Waals surface area (Å²) in [6.45, 7) is 3.64. The van der Waals surface area contributed by atoms with Gasteiger partial charge < -0.3 is 9.84 Å². The van der Waals surface area contributed by atoms with Gasteiger partial charge in [-0.05, 0) is 13.8 Å². The fraction of sp³-hybridized carbons (Fsp3) is 0.857. The number of hydrogen-bond acceptors (Lipinski definition) is 4. The van der Waals surface area contributed by atoms with Crippen LogP contribution in [0.1, 0.15) is 20.3 Å². The predicted octanol–water partition coefficient (Wildman–Crippen LogP) is -0.380. The normalized spacial score (nSPS) is 25.4. The average Bonchev–Trinajstić information content (AvgIpc) is 2.12. The van der Waals surface area contributed by atoms with Crippen molar-refractivity contribution in [2.45, 2.75) is 32.0 Å². The molecular formula is C7H13NO3. The van der Waals surface area contributed by atoms with E-state index in [0.29, 0.717) is 13.0 Å². The van der Waals surface area contributed by atoms with Crippen molar-refractivity contribution < 1.29 is 14.6 Å². The molecule has 1 heterocycles. The average molecular weight is 159 g/mol. The van der Waals surface area contributed by atoms with E-state index in [1.165, 1.54) is 0 Å². The van der Waals surface area contributed by atoms with E-state index in [0.717, 1.165) is 0 Å². The summed E-state index contributed by atoms with van der Waals surface area (Å²) in [7, 11) is 0. The Hall–Kier alpha value is -0.610. The van der Waals surface area contributed by atoms with E-state index in [-0.39, 0.29) is 12.0 Å². The molecule has 0 radical (unpaired) electrons. The van der Waals surface area contributed by atoms with Crippen LogP contribution >= 0.6 is 0 Å². The van der Waals surface area contributed by atoms with Crippen LogP contribution in [-0.4, -0.2) is 29.4 Å². The number of aliphatic hydroxyl groups is 1. The molecular weight excluding hydrogens is 146 g/mol. The zero-order chi connectivity index (χ0) is 8.48. The molecule has 1 aliphatic rings. The number of carbonyl (C=O) groups is 1. The first-order valence-corrected chi connectivity index (χ1v) is 3.66. The fourth-order valence-electron chi connectivity index (χ4n) is 1.05. The van der Waals surface area contributed by atoms with Gasteiger partial charge in [0.05, 0.1) is 6.61 Å². The second-order valence-corrected chi connectivity index (χ2v) is 3.21. The Morgan fingerprint density at radius 2 is 2.36 bits per heavy atom. The van der Waals surface area contributed by atoms with Crippen LogP contribution in [0.25, 0.3) is 0 Å². The second-order valence-electron chi connectivity index (χ2n) is 3.21. The summed E-state index contributed by atoms with van der Waals surface area (Å²) in [5.74, 6) is -0.271. The SMILES string of the molecule is CC(C)(O)NC1CCOC1=O. The lowest BCUT2D eigenvalue weighted by Crippen LogP contribution is -2.47. The lowest BCUT2D eigenvalue weighted by molar-refractivity contribution is -0.141.